The van der Waals surface area contributed by atoms with Crippen molar-refractivity contribution in [1.82, 2.24) is 15.5 Å². The number of methoxy groups -OCH3 is 1. The van der Waals surface area contributed by atoms with Gasteiger partial charge in [0.05, 0.1) is 25.2 Å². The number of allylic oxidation sites excluding steroid dienone is 1. The van der Waals surface area contributed by atoms with Crippen molar-refractivity contribution < 1.29 is 33.3 Å². The van der Waals surface area contributed by atoms with Crippen molar-refractivity contribution >= 4 is 17.9 Å². The van der Waals surface area contributed by atoms with Crippen molar-refractivity contribution in [1.29, 1.82) is 0 Å². The highest BCUT2D eigenvalue weighted by Crippen LogP contribution is 2.59. The molecule has 0 bridgehead atoms. The van der Waals surface area contributed by atoms with E-state index in [9.17, 15) is 14.4 Å². The van der Waals surface area contributed by atoms with Crippen LogP contribution in [0.3, 0.4) is 0 Å². The summed E-state index contributed by atoms with van der Waals surface area (Å²) in [6.07, 6.45) is 2.67. The first-order chi connectivity index (χ1) is 16.0. The topological polar surface area (TPSA) is 122 Å². The molecule has 3 unspecified atom stereocenters. The number of hydrogen-bond acceptors (Lipinski definition) is 8. The van der Waals surface area contributed by atoms with E-state index in [4.69, 9.17) is 18.9 Å². The second kappa shape index (κ2) is 10.7. The molecule has 2 N–H and O–H groups in total. The van der Waals surface area contributed by atoms with E-state index in [-0.39, 0.29) is 30.1 Å². The van der Waals surface area contributed by atoms with Crippen molar-refractivity contribution in [2.24, 2.45) is 5.92 Å². The predicted molar refractivity (Wildman–Crippen MR) is 124 cm³/mol. The second-order valence-corrected chi connectivity index (χ2v) is 10.1. The van der Waals surface area contributed by atoms with E-state index in [1.807, 2.05) is 0 Å². The molecule has 10 heteroatoms. The van der Waals surface area contributed by atoms with Gasteiger partial charge in [-0.05, 0) is 47.1 Å². The van der Waals surface area contributed by atoms with Gasteiger partial charge in [0.1, 0.15) is 23.4 Å². The van der Waals surface area contributed by atoms with Gasteiger partial charge in [0.25, 0.3) is 0 Å². The fourth-order valence-electron chi connectivity index (χ4n) is 5.14. The number of imide groups is 1. The van der Waals surface area contributed by atoms with Crippen molar-refractivity contribution in [3.8, 4) is 0 Å². The Morgan fingerprint density at radius 2 is 1.94 bits per heavy atom. The monoisotopic (exact) mass is 481 g/mol. The van der Waals surface area contributed by atoms with Crippen LogP contribution in [0.25, 0.3) is 0 Å². The number of nitrogens with zero attached hydrogens (tertiary/aromatic N) is 1. The highest BCUT2D eigenvalue weighted by Gasteiger charge is 2.72. The smallest absolute Gasteiger partial charge is 0.414 e. The number of alkyl carbamates (subject to hydrolysis) is 1. The van der Waals surface area contributed by atoms with E-state index in [0.29, 0.717) is 26.1 Å². The van der Waals surface area contributed by atoms with Crippen LogP contribution in [0.2, 0.25) is 0 Å². The van der Waals surface area contributed by atoms with E-state index < -0.39 is 29.8 Å². The Bertz CT molecular complexity index is 808. The molecule has 1 saturated carbocycles. The van der Waals surface area contributed by atoms with Crippen LogP contribution in [0.5, 0.6) is 0 Å². The molecule has 3 aliphatic rings. The number of nitrogens with one attached hydrogen (secondary N) is 2. The first-order valence-corrected chi connectivity index (χ1v) is 11.9. The molecule has 0 aromatic heterocycles. The highest BCUT2D eigenvalue weighted by atomic mass is 16.6. The Balaban J connectivity index is 1.55. The van der Waals surface area contributed by atoms with Gasteiger partial charge in [-0.15, -0.1) is 0 Å². The van der Waals surface area contributed by atoms with E-state index in [1.54, 1.807) is 19.1 Å². The summed E-state index contributed by atoms with van der Waals surface area (Å²) in [5.41, 5.74) is 0.511. The zero-order valence-corrected chi connectivity index (χ0v) is 21.1. The molecule has 6 atom stereocenters. The Morgan fingerprint density at radius 3 is 2.53 bits per heavy atom. The molecule has 1 aliphatic carbocycles. The van der Waals surface area contributed by atoms with Crippen LogP contribution >= 0.6 is 0 Å². The number of hydrogen-bond donors (Lipinski definition) is 2. The lowest BCUT2D eigenvalue weighted by Gasteiger charge is -2.42. The van der Waals surface area contributed by atoms with Crippen LogP contribution in [0.4, 0.5) is 4.79 Å². The molecule has 1 spiro atoms. The van der Waals surface area contributed by atoms with Gasteiger partial charge in [-0.25, -0.2) is 4.79 Å². The Morgan fingerprint density at radius 1 is 1.24 bits per heavy atom. The van der Waals surface area contributed by atoms with Crippen LogP contribution in [-0.2, 0) is 28.5 Å². The van der Waals surface area contributed by atoms with Gasteiger partial charge >= 0.3 is 6.09 Å². The maximum Gasteiger partial charge on any atom is 0.414 e. The summed E-state index contributed by atoms with van der Waals surface area (Å²) in [6.45, 7) is 9.19. The third-order valence-corrected chi connectivity index (χ3v) is 7.02. The summed E-state index contributed by atoms with van der Waals surface area (Å²) in [4.78, 5) is 37.4. The Kier molecular flexibility index (Phi) is 8.38. The fraction of sp³-hybridized carbons (Fsp3) is 0.792. The maximum absolute atomic E-state index is 12.5. The van der Waals surface area contributed by atoms with E-state index in [0.717, 1.165) is 12.8 Å². The minimum absolute atomic E-state index is 0.00455. The summed E-state index contributed by atoms with van der Waals surface area (Å²) in [5.74, 6) is -0.687. The minimum atomic E-state index is -0.790. The van der Waals surface area contributed by atoms with Gasteiger partial charge in [-0.3, -0.25) is 19.8 Å². The number of rotatable bonds is 10. The molecule has 2 heterocycles. The fourth-order valence-corrected chi connectivity index (χ4v) is 5.14. The molecule has 3 fully saturated rings. The van der Waals surface area contributed by atoms with Crippen LogP contribution in [0.1, 0.15) is 47.0 Å². The standard InChI is InChI=1S/C24H39N3O7/c1-15(2)7-8-18-23(4,34-18)21-20(31-6)17(9-10-24(21)14-32-24)33-22(30)26-19(29)13-27(5)12-11-25-16(3)28/h7,17-18,20-21H,8-14H2,1-6H3,(H,25,28)(H,26,29,30)/t17?,18-,20?,21?,23+,24+/m1/s1. The first-order valence-electron chi connectivity index (χ1n) is 11.9. The maximum atomic E-state index is 12.5. The number of amides is 3. The van der Waals surface area contributed by atoms with Gasteiger partial charge in [0.15, 0.2) is 0 Å². The van der Waals surface area contributed by atoms with Gasteiger partial charge < -0.3 is 24.3 Å². The Labute approximate surface area is 201 Å². The lowest BCUT2D eigenvalue weighted by atomic mass is 9.68. The molecule has 3 amide bonds. The molecule has 2 saturated heterocycles. The molecule has 0 radical (unpaired) electrons. The molecular formula is C24H39N3O7. The first kappa shape index (κ1) is 26.6. The van der Waals surface area contributed by atoms with Gasteiger partial charge in [0.2, 0.25) is 11.8 Å². The lowest BCUT2D eigenvalue weighted by molar-refractivity contribution is -0.126. The number of carbonyl (C=O) groups is 3. The predicted octanol–water partition coefficient (Wildman–Crippen LogP) is 1.38. The lowest BCUT2D eigenvalue weighted by Crippen LogP contribution is -2.56. The number of likely N-dealkylation sites (N-methyl/N-ethyl adjacent to an activating group) is 1. The zero-order chi connectivity index (χ0) is 25.1. The highest BCUT2D eigenvalue weighted by molar-refractivity contribution is 5.92. The molecule has 3 rings (SSSR count). The van der Waals surface area contributed by atoms with Gasteiger partial charge in [0, 0.05) is 27.1 Å². The normalized spacial score (nSPS) is 33.9. The molecule has 10 nitrogen and oxygen atoms in total. The molecular weight excluding hydrogens is 442 g/mol. The number of carbonyl (C=O) groups excluding carboxylic acids is 3. The molecule has 0 aromatic carbocycles. The largest absolute Gasteiger partial charge is 0.443 e. The van der Waals surface area contributed by atoms with Crippen LogP contribution in [0, 0.1) is 5.92 Å². The third-order valence-electron chi connectivity index (χ3n) is 7.02. The average molecular weight is 482 g/mol. The number of ether oxygens (including phenoxy) is 4. The van der Waals surface area contributed by atoms with Crippen molar-refractivity contribution in [3.05, 3.63) is 11.6 Å². The molecule has 34 heavy (non-hydrogen) atoms. The summed E-state index contributed by atoms with van der Waals surface area (Å²) in [6, 6.07) is 0. The average Bonchev–Trinajstić information content (AvgIpc) is 3.64. The van der Waals surface area contributed by atoms with E-state index in [2.05, 4.69) is 37.5 Å². The summed E-state index contributed by atoms with van der Waals surface area (Å²) >= 11 is 0. The molecule has 192 valence electrons. The van der Waals surface area contributed by atoms with E-state index in [1.165, 1.54) is 12.5 Å². The molecule has 2 aliphatic heterocycles. The van der Waals surface area contributed by atoms with E-state index >= 15 is 0 Å². The van der Waals surface area contributed by atoms with Crippen molar-refractivity contribution in [3.63, 3.8) is 0 Å². The zero-order valence-electron chi connectivity index (χ0n) is 21.1. The second-order valence-electron chi connectivity index (χ2n) is 10.1. The van der Waals surface area contributed by atoms with Crippen LogP contribution in [-0.4, -0.2) is 92.7 Å². The third kappa shape index (κ3) is 6.35. The number of epoxide rings is 2. The summed E-state index contributed by atoms with van der Waals surface area (Å²) in [5, 5.41) is 4.96. The Hall–Kier alpha value is -2.01. The van der Waals surface area contributed by atoms with Crippen molar-refractivity contribution in [2.75, 3.05) is 40.4 Å². The van der Waals surface area contributed by atoms with Crippen LogP contribution in [0.15, 0.2) is 11.6 Å². The van der Waals surface area contributed by atoms with Crippen molar-refractivity contribution in [2.45, 2.75) is 76.5 Å². The molecule has 0 aromatic rings. The minimum Gasteiger partial charge on any atom is -0.443 e. The van der Waals surface area contributed by atoms with Gasteiger partial charge in [-0.1, -0.05) is 11.6 Å². The quantitative estimate of drug-likeness (QED) is 0.355. The van der Waals surface area contributed by atoms with Gasteiger partial charge in [-0.2, -0.15) is 0 Å². The SMILES string of the molecule is COC1C(OC(=O)NC(=O)CN(C)CCNC(C)=O)CC[C@]2(CO2)C1[C@@]1(C)O[C@@H]1CC=C(C)C. The summed E-state index contributed by atoms with van der Waals surface area (Å²) < 4.78 is 23.6. The van der Waals surface area contributed by atoms with Crippen LogP contribution < -0.4 is 10.6 Å². The summed E-state index contributed by atoms with van der Waals surface area (Å²) in [7, 11) is 3.34.